The second kappa shape index (κ2) is 16.5. The molecule has 0 radical (unpaired) electrons. The van der Waals surface area contributed by atoms with E-state index in [1.165, 1.54) is 12.7 Å². The van der Waals surface area contributed by atoms with Crippen LogP contribution in [-0.2, 0) is 14.3 Å². The molecule has 1 aromatic heterocycles. The number of nitrogens with one attached hydrogen (secondary N) is 3. The molecular formula is C42H55N7O4. The first-order chi connectivity index (χ1) is 25.4. The molecule has 4 heterocycles. The molecule has 6 rings (SSSR count). The molecular weight excluding hydrogens is 667 g/mol. The lowest BCUT2D eigenvalue weighted by Crippen LogP contribution is -2.53. The number of aromatic amines is 1. The summed E-state index contributed by atoms with van der Waals surface area (Å²) in [5, 5.41) is 6.19. The number of hydrogen-bond donors (Lipinski definition) is 3. The predicted molar refractivity (Wildman–Crippen MR) is 209 cm³/mol. The molecule has 0 spiro atoms. The summed E-state index contributed by atoms with van der Waals surface area (Å²) in [5.74, 6) is 0.935. The number of aromatic nitrogens is 2. The van der Waals surface area contributed by atoms with Gasteiger partial charge in [-0.3, -0.25) is 14.6 Å². The lowest BCUT2D eigenvalue weighted by molar-refractivity contribution is -0.136. The van der Waals surface area contributed by atoms with Gasteiger partial charge in [0.2, 0.25) is 11.8 Å². The van der Waals surface area contributed by atoms with E-state index in [4.69, 9.17) is 9.73 Å². The number of aliphatic imine (C=N–C) groups is 1. The van der Waals surface area contributed by atoms with Crippen LogP contribution < -0.4 is 10.6 Å². The lowest BCUT2D eigenvalue weighted by atomic mass is 9.95. The van der Waals surface area contributed by atoms with E-state index in [9.17, 15) is 14.4 Å². The molecule has 3 aliphatic heterocycles. The summed E-state index contributed by atoms with van der Waals surface area (Å²) in [6.45, 7) is 13.6. The van der Waals surface area contributed by atoms with E-state index in [1.807, 2.05) is 31.1 Å². The summed E-state index contributed by atoms with van der Waals surface area (Å²) in [7, 11) is 1.30. The monoisotopic (exact) mass is 721 g/mol. The summed E-state index contributed by atoms with van der Waals surface area (Å²) in [4.78, 5) is 56.0. The molecule has 11 heteroatoms. The van der Waals surface area contributed by atoms with Gasteiger partial charge in [0.05, 0.1) is 37.1 Å². The van der Waals surface area contributed by atoms with Crippen LogP contribution in [0.5, 0.6) is 0 Å². The zero-order valence-corrected chi connectivity index (χ0v) is 32.2. The van der Waals surface area contributed by atoms with Crippen molar-refractivity contribution >= 4 is 29.2 Å². The molecule has 0 bridgehead atoms. The number of H-pyrrole nitrogens is 1. The van der Waals surface area contributed by atoms with Crippen LogP contribution in [0.1, 0.15) is 91.1 Å². The zero-order valence-electron chi connectivity index (χ0n) is 32.2. The van der Waals surface area contributed by atoms with Crippen LogP contribution in [0, 0.1) is 11.8 Å². The number of carbonyl (C=O) groups excluding carboxylic acids is 3. The minimum absolute atomic E-state index is 0.0577. The number of allylic oxidation sites excluding steroid dienone is 1. The number of amides is 3. The normalized spacial score (nSPS) is 19.9. The lowest BCUT2D eigenvalue weighted by Gasteiger charge is -2.32. The van der Waals surface area contributed by atoms with Crippen molar-refractivity contribution in [1.82, 2.24) is 30.4 Å². The Morgan fingerprint density at radius 1 is 0.774 bits per heavy atom. The van der Waals surface area contributed by atoms with Gasteiger partial charge in [0.25, 0.3) is 0 Å². The molecule has 2 saturated heterocycles. The van der Waals surface area contributed by atoms with E-state index in [2.05, 4.69) is 102 Å². The Labute approximate surface area is 313 Å². The molecule has 3 N–H and O–H groups in total. The summed E-state index contributed by atoms with van der Waals surface area (Å²) >= 11 is 0. The molecule has 1 unspecified atom stereocenters. The van der Waals surface area contributed by atoms with E-state index in [0.29, 0.717) is 6.54 Å². The largest absolute Gasteiger partial charge is 0.453 e. The van der Waals surface area contributed by atoms with Crippen molar-refractivity contribution in [3.8, 4) is 22.4 Å². The van der Waals surface area contributed by atoms with Gasteiger partial charge in [-0.25, -0.2) is 9.78 Å². The number of hydrogen-bond acceptors (Lipinski definition) is 7. The van der Waals surface area contributed by atoms with E-state index in [-0.39, 0.29) is 47.8 Å². The van der Waals surface area contributed by atoms with Crippen LogP contribution in [0.3, 0.4) is 0 Å². The maximum Gasteiger partial charge on any atom is 0.407 e. The first-order valence-electron chi connectivity index (χ1n) is 19.2. The number of nitrogens with zero attached hydrogens (tertiary/aromatic N) is 4. The molecule has 53 heavy (non-hydrogen) atoms. The number of rotatable bonds is 12. The number of carbonyl (C=O) groups is 3. The van der Waals surface area contributed by atoms with Crippen LogP contribution >= 0.6 is 0 Å². The number of imidazole rings is 1. The maximum atomic E-state index is 13.6. The molecule has 3 aliphatic rings. The van der Waals surface area contributed by atoms with Crippen molar-refractivity contribution in [3.63, 3.8) is 0 Å². The van der Waals surface area contributed by atoms with Gasteiger partial charge in [0, 0.05) is 37.5 Å². The third kappa shape index (κ3) is 8.40. The molecule has 2 fully saturated rings. The molecule has 2 aromatic carbocycles. The molecule has 4 atom stereocenters. The third-order valence-corrected chi connectivity index (χ3v) is 10.7. The second-order valence-corrected chi connectivity index (χ2v) is 15.6. The Bertz CT molecular complexity index is 1830. The fourth-order valence-electron chi connectivity index (χ4n) is 7.86. The van der Waals surface area contributed by atoms with Crippen LogP contribution in [0.2, 0.25) is 0 Å². The first-order valence-corrected chi connectivity index (χ1v) is 19.2. The third-order valence-electron chi connectivity index (χ3n) is 10.7. The Morgan fingerprint density at radius 2 is 1.32 bits per heavy atom. The van der Waals surface area contributed by atoms with Crippen molar-refractivity contribution in [2.75, 3.05) is 20.2 Å². The number of alkyl carbamates (subject to hydrolysis) is 1. The number of benzene rings is 2. The van der Waals surface area contributed by atoms with Gasteiger partial charge >= 0.3 is 6.09 Å². The van der Waals surface area contributed by atoms with Gasteiger partial charge in [-0.15, -0.1) is 0 Å². The minimum atomic E-state index is -0.672. The number of likely N-dealkylation sites (tertiary alicyclic amines) is 2. The van der Waals surface area contributed by atoms with Gasteiger partial charge in [0.15, 0.2) is 0 Å². The van der Waals surface area contributed by atoms with Gasteiger partial charge in [-0.05, 0) is 65.3 Å². The average Bonchev–Trinajstić information content (AvgIpc) is 3.98. The highest BCUT2D eigenvalue weighted by molar-refractivity contribution is 6.03. The number of ether oxygens (including phenoxy) is 1. The Morgan fingerprint density at radius 3 is 1.91 bits per heavy atom. The molecule has 0 aliphatic carbocycles. The topological polar surface area (TPSA) is 132 Å². The zero-order chi connectivity index (χ0) is 37.8. The highest BCUT2D eigenvalue weighted by Gasteiger charge is 2.39. The second-order valence-electron chi connectivity index (χ2n) is 15.6. The molecule has 3 aromatic rings. The van der Waals surface area contributed by atoms with Crippen molar-refractivity contribution in [2.45, 2.75) is 104 Å². The summed E-state index contributed by atoms with van der Waals surface area (Å²) < 4.78 is 4.76. The fourth-order valence-corrected chi connectivity index (χ4v) is 7.86. The predicted octanol–water partition coefficient (Wildman–Crippen LogP) is 6.99. The first kappa shape index (κ1) is 38.0. The molecule has 0 saturated carbocycles. The van der Waals surface area contributed by atoms with Crippen molar-refractivity contribution in [2.24, 2.45) is 16.8 Å². The number of methoxy groups -OCH3 is 1. The molecule has 3 amide bonds. The molecule has 11 nitrogen and oxygen atoms in total. The van der Waals surface area contributed by atoms with Crippen molar-refractivity contribution < 1.29 is 19.1 Å². The standard InChI is InChI=1S/C42H55N7O4/c1-25(2)37(45-27(5)6)40(50)48-20-8-10-35(48)33-22-32(23-43-33)30-14-12-28(13-15-30)29-16-18-31(19-17-29)34-24-44-39(46-34)36-11-9-21-49(36)41(51)38(26(3)4)47-42(52)53-7/h12-19,23-27,35-38,45H,8-11,20-22H2,1-7H3,(H,44,46)(H,47,52)/t35-,36?,37-,38-/m0/s1. The van der Waals surface area contributed by atoms with Crippen LogP contribution in [0.15, 0.2) is 65.9 Å². The Kier molecular flexibility index (Phi) is 11.8. The smallest absolute Gasteiger partial charge is 0.407 e. The van der Waals surface area contributed by atoms with Gasteiger partial charge in [-0.2, -0.15) is 0 Å². The quantitative estimate of drug-likeness (QED) is 0.185. The summed E-state index contributed by atoms with van der Waals surface area (Å²) in [6, 6.07) is 16.3. The van der Waals surface area contributed by atoms with Crippen LogP contribution in [-0.4, -0.2) is 87.8 Å². The van der Waals surface area contributed by atoms with E-state index < -0.39 is 12.1 Å². The average molecular weight is 722 g/mol. The Balaban J connectivity index is 1.07. The van der Waals surface area contributed by atoms with E-state index >= 15 is 0 Å². The van der Waals surface area contributed by atoms with Gasteiger partial charge in [0.1, 0.15) is 11.9 Å². The minimum Gasteiger partial charge on any atom is -0.453 e. The SMILES string of the molecule is COC(=O)N[C@H](C(=O)N1CCCC1c1ncc(-c2ccc(-c3ccc(C4=CN=C([C@@H]5CCCN5C(=O)[C@@H](NC(C)C)C(C)C)C4)cc3)cc2)[nH]1)C(C)C. The van der Waals surface area contributed by atoms with Gasteiger partial charge in [-0.1, -0.05) is 90.1 Å². The summed E-state index contributed by atoms with van der Waals surface area (Å²) in [5.41, 5.74) is 7.53. The maximum absolute atomic E-state index is 13.6. The van der Waals surface area contributed by atoms with Crippen LogP contribution in [0.4, 0.5) is 4.79 Å². The molecule has 282 valence electrons. The Hall–Kier alpha value is -4.77. The highest BCUT2D eigenvalue weighted by atomic mass is 16.5. The fraction of sp³-hybridized carbons (Fsp3) is 0.500. The van der Waals surface area contributed by atoms with Crippen LogP contribution in [0.25, 0.3) is 28.0 Å². The van der Waals surface area contributed by atoms with E-state index in [0.717, 1.165) is 78.1 Å². The van der Waals surface area contributed by atoms with E-state index in [1.54, 1.807) is 0 Å². The highest BCUT2D eigenvalue weighted by Crippen LogP contribution is 2.34. The van der Waals surface area contributed by atoms with Gasteiger partial charge < -0.3 is 30.2 Å². The van der Waals surface area contributed by atoms with Crippen molar-refractivity contribution in [1.29, 1.82) is 0 Å². The van der Waals surface area contributed by atoms with Crippen molar-refractivity contribution in [3.05, 3.63) is 72.3 Å². The summed E-state index contributed by atoms with van der Waals surface area (Å²) in [6.07, 6.45) is 7.58.